The first-order valence-corrected chi connectivity index (χ1v) is 10.6. The SMILES string of the molecule is CCN1C(=O)/C(=C\C=C2\N(CC)c3ccccc3N2c2ccccc2)SC1=S. The van der Waals surface area contributed by atoms with E-state index >= 15 is 0 Å². The minimum Gasteiger partial charge on any atom is -0.326 e. The van der Waals surface area contributed by atoms with Crippen LogP contribution < -0.4 is 9.80 Å². The van der Waals surface area contributed by atoms with E-state index in [2.05, 4.69) is 53.1 Å². The molecule has 6 heteroatoms. The third kappa shape index (κ3) is 3.12. The Bertz CT molecular complexity index is 984. The molecule has 2 aromatic carbocycles. The van der Waals surface area contributed by atoms with Gasteiger partial charge in [0.15, 0.2) is 0 Å². The number of carbonyl (C=O) groups excluding carboxylic acids is 1. The summed E-state index contributed by atoms with van der Waals surface area (Å²) in [6.07, 6.45) is 3.92. The molecule has 2 aromatic rings. The minimum absolute atomic E-state index is 0.0147. The molecule has 1 amide bonds. The molecule has 0 spiro atoms. The number of thioether (sulfide) groups is 1. The van der Waals surface area contributed by atoms with Crippen molar-refractivity contribution in [3.05, 3.63) is 77.5 Å². The molecule has 0 unspecified atom stereocenters. The molecule has 0 radical (unpaired) electrons. The molecule has 0 atom stereocenters. The first kappa shape index (κ1) is 18.8. The number of benzene rings is 2. The lowest BCUT2D eigenvalue weighted by Gasteiger charge is -2.24. The van der Waals surface area contributed by atoms with E-state index in [9.17, 15) is 4.79 Å². The number of likely N-dealkylation sites (N-methyl/N-ethyl adjacent to an activating group) is 1. The third-order valence-electron chi connectivity index (χ3n) is 4.82. The zero-order valence-electron chi connectivity index (χ0n) is 15.8. The van der Waals surface area contributed by atoms with Crippen molar-refractivity contribution >= 4 is 51.3 Å². The number of hydrogen-bond donors (Lipinski definition) is 0. The predicted molar refractivity (Wildman–Crippen MR) is 122 cm³/mol. The van der Waals surface area contributed by atoms with Crippen molar-refractivity contribution in [2.24, 2.45) is 0 Å². The number of hydrogen-bond acceptors (Lipinski definition) is 5. The predicted octanol–water partition coefficient (Wildman–Crippen LogP) is 5.27. The van der Waals surface area contributed by atoms with E-state index in [1.54, 1.807) is 4.90 Å². The van der Waals surface area contributed by atoms with Gasteiger partial charge in [-0.05, 0) is 50.3 Å². The van der Waals surface area contributed by atoms with Crippen LogP contribution in [0.25, 0.3) is 0 Å². The Labute approximate surface area is 175 Å². The van der Waals surface area contributed by atoms with Crippen LogP contribution in [0.3, 0.4) is 0 Å². The van der Waals surface area contributed by atoms with Gasteiger partial charge in [-0.15, -0.1) is 0 Å². The lowest BCUT2D eigenvalue weighted by atomic mass is 10.2. The summed E-state index contributed by atoms with van der Waals surface area (Å²) in [5.74, 6) is 1.01. The molecule has 142 valence electrons. The number of rotatable bonds is 4. The highest BCUT2D eigenvalue weighted by Crippen LogP contribution is 2.45. The fraction of sp³-hybridized carbons (Fsp3) is 0.182. The van der Waals surface area contributed by atoms with Crippen LogP contribution in [-0.2, 0) is 4.79 Å². The van der Waals surface area contributed by atoms with Gasteiger partial charge in [-0.3, -0.25) is 14.6 Å². The fourth-order valence-corrected chi connectivity index (χ4v) is 4.86. The molecule has 4 rings (SSSR count). The zero-order chi connectivity index (χ0) is 19.7. The Hall–Kier alpha value is -2.57. The average Bonchev–Trinajstić information content (AvgIpc) is 3.19. The van der Waals surface area contributed by atoms with Crippen LogP contribution in [-0.4, -0.2) is 28.2 Å². The van der Waals surface area contributed by atoms with Crippen LogP contribution in [0.5, 0.6) is 0 Å². The molecule has 0 N–H and O–H groups in total. The van der Waals surface area contributed by atoms with Gasteiger partial charge < -0.3 is 4.90 Å². The monoisotopic (exact) mass is 407 g/mol. The van der Waals surface area contributed by atoms with Crippen LogP contribution in [0.1, 0.15) is 13.8 Å². The summed E-state index contributed by atoms with van der Waals surface area (Å²) in [4.78, 5) is 19.4. The Balaban J connectivity index is 1.80. The Morgan fingerprint density at radius 1 is 0.893 bits per heavy atom. The molecule has 0 aliphatic carbocycles. The molecule has 2 heterocycles. The quantitative estimate of drug-likeness (QED) is 0.508. The molecule has 4 nitrogen and oxygen atoms in total. The van der Waals surface area contributed by atoms with Gasteiger partial charge in [0.25, 0.3) is 5.91 Å². The summed E-state index contributed by atoms with van der Waals surface area (Å²) < 4.78 is 0.624. The van der Waals surface area contributed by atoms with Gasteiger partial charge in [0.1, 0.15) is 10.1 Å². The van der Waals surface area contributed by atoms with Crippen molar-refractivity contribution in [2.45, 2.75) is 13.8 Å². The Kier molecular flexibility index (Phi) is 5.24. The molecular weight excluding hydrogens is 386 g/mol. The number of anilines is 3. The van der Waals surface area contributed by atoms with Crippen LogP contribution in [0.4, 0.5) is 17.1 Å². The van der Waals surface area contributed by atoms with E-state index in [0.29, 0.717) is 15.8 Å². The second-order valence-corrected chi connectivity index (χ2v) is 8.05. The van der Waals surface area contributed by atoms with E-state index in [-0.39, 0.29) is 5.91 Å². The van der Waals surface area contributed by atoms with Crippen LogP contribution >= 0.6 is 24.0 Å². The van der Waals surface area contributed by atoms with Crippen molar-refractivity contribution in [3.63, 3.8) is 0 Å². The van der Waals surface area contributed by atoms with E-state index in [0.717, 1.165) is 29.4 Å². The highest BCUT2D eigenvalue weighted by atomic mass is 32.2. The maximum absolute atomic E-state index is 12.6. The van der Waals surface area contributed by atoms with Gasteiger partial charge in [-0.25, -0.2) is 0 Å². The van der Waals surface area contributed by atoms with Crippen molar-refractivity contribution < 1.29 is 4.79 Å². The number of allylic oxidation sites excluding steroid dienone is 2. The summed E-state index contributed by atoms with van der Waals surface area (Å²) in [5.41, 5.74) is 3.39. The number of nitrogens with zero attached hydrogens (tertiary/aromatic N) is 3. The van der Waals surface area contributed by atoms with Gasteiger partial charge in [0, 0.05) is 18.8 Å². The van der Waals surface area contributed by atoms with Gasteiger partial charge >= 0.3 is 0 Å². The van der Waals surface area contributed by atoms with E-state index in [4.69, 9.17) is 12.2 Å². The minimum atomic E-state index is -0.0147. The van der Waals surface area contributed by atoms with Gasteiger partial charge in [0.05, 0.1) is 16.3 Å². The van der Waals surface area contributed by atoms with Crippen molar-refractivity contribution in [2.75, 3.05) is 22.9 Å². The molecule has 1 saturated heterocycles. The zero-order valence-corrected chi connectivity index (χ0v) is 17.5. The number of amides is 1. The number of thiocarbonyl (C=S) groups is 1. The normalized spacial score (nSPS) is 19.3. The van der Waals surface area contributed by atoms with E-state index in [1.165, 1.54) is 11.8 Å². The average molecular weight is 408 g/mol. The largest absolute Gasteiger partial charge is 0.326 e. The standard InChI is InChI=1S/C22H21N3OS2/c1-3-23-17-12-8-9-13-18(17)25(16-10-6-5-7-11-16)20(23)15-14-19-21(26)24(4-2)22(27)28-19/h5-15H,3-4H2,1-2H3/b19-14+,20-15-. The van der Waals surface area contributed by atoms with E-state index in [1.807, 2.05) is 37.3 Å². The van der Waals surface area contributed by atoms with Crippen LogP contribution in [0.15, 0.2) is 77.5 Å². The third-order valence-corrected chi connectivity index (χ3v) is 6.22. The van der Waals surface area contributed by atoms with Gasteiger partial charge in [-0.1, -0.05) is 54.3 Å². The summed E-state index contributed by atoms with van der Waals surface area (Å²) in [5, 5.41) is 0. The van der Waals surface area contributed by atoms with E-state index < -0.39 is 0 Å². The summed E-state index contributed by atoms with van der Waals surface area (Å²) in [7, 11) is 0. The second-order valence-electron chi connectivity index (χ2n) is 6.38. The molecular formula is C22H21N3OS2. The maximum atomic E-state index is 12.6. The first-order chi connectivity index (χ1) is 13.7. The van der Waals surface area contributed by atoms with Crippen molar-refractivity contribution in [1.29, 1.82) is 0 Å². The molecule has 0 saturated carbocycles. The lowest BCUT2D eigenvalue weighted by Crippen LogP contribution is -2.27. The molecule has 2 aliphatic heterocycles. The summed E-state index contributed by atoms with van der Waals surface area (Å²) in [6.45, 7) is 5.50. The number of fused-ring (bicyclic) bond motifs is 1. The fourth-order valence-electron chi connectivity index (χ4n) is 3.53. The first-order valence-electron chi connectivity index (χ1n) is 9.33. The highest BCUT2D eigenvalue weighted by molar-refractivity contribution is 8.26. The maximum Gasteiger partial charge on any atom is 0.266 e. The molecule has 28 heavy (non-hydrogen) atoms. The number of carbonyl (C=O) groups is 1. The van der Waals surface area contributed by atoms with Gasteiger partial charge in [0.2, 0.25) is 0 Å². The smallest absolute Gasteiger partial charge is 0.266 e. The van der Waals surface area contributed by atoms with Crippen LogP contribution in [0.2, 0.25) is 0 Å². The Morgan fingerprint density at radius 2 is 1.54 bits per heavy atom. The highest BCUT2D eigenvalue weighted by Gasteiger charge is 2.33. The molecule has 0 aromatic heterocycles. The molecule has 0 bridgehead atoms. The second kappa shape index (κ2) is 7.81. The van der Waals surface area contributed by atoms with Crippen LogP contribution in [0, 0.1) is 0 Å². The van der Waals surface area contributed by atoms with Gasteiger partial charge in [-0.2, -0.15) is 0 Å². The topological polar surface area (TPSA) is 26.8 Å². The summed E-state index contributed by atoms with van der Waals surface area (Å²) in [6, 6.07) is 18.7. The summed E-state index contributed by atoms with van der Waals surface area (Å²) >= 11 is 6.70. The molecule has 1 fully saturated rings. The van der Waals surface area contributed by atoms with Crippen molar-refractivity contribution in [1.82, 2.24) is 4.90 Å². The molecule has 2 aliphatic rings. The lowest BCUT2D eigenvalue weighted by molar-refractivity contribution is -0.122. The Morgan fingerprint density at radius 3 is 2.18 bits per heavy atom. The van der Waals surface area contributed by atoms with Crippen molar-refractivity contribution in [3.8, 4) is 0 Å². The number of para-hydroxylation sites is 3.